The molecule has 0 unspecified atom stereocenters. The van der Waals surface area contributed by atoms with Crippen molar-refractivity contribution in [2.24, 2.45) is 0 Å². The molecular formula is C11H12N2O4S. The maximum Gasteiger partial charge on any atom is 0.311 e. The Hall–Kier alpha value is -1.76. The zero-order chi connectivity index (χ0) is 13.1. The number of nitro groups is 1. The Morgan fingerprint density at radius 1 is 1.39 bits per heavy atom. The summed E-state index contributed by atoms with van der Waals surface area (Å²) in [5.41, 5.74) is -0.441. The molecule has 1 aromatic carbocycles. The highest BCUT2D eigenvalue weighted by Gasteiger charge is 2.25. The number of benzene rings is 1. The van der Waals surface area contributed by atoms with Crippen molar-refractivity contribution in [3.8, 4) is 5.75 Å². The van der Waals surface area contributed by atoms with Gasteiger partial charge in [-0.25, -0.2) is 0 Å². The second-order valence-corrected chi connectivity index (χ2v) is 5.06. The summed E-state index contributed by atoms with van der Waals surface area (Å²) in [6.07, 6.45) is 0. The Labute approximate surface area is 108 Å². The zero-order valence-corrected chi connectivity index (χ0v) is 10.4. The van der Waals surface area contributed by atoms with Crippen molar-refractivity contribution in [3.63, 3.8) is 0 Å². The monoisotopic (exact) mass is 268 g/mol. The average molecular weight is 268 g/mol. The van der Waals surface area contributed by atoms with Gasteiger partial charge >= 0.3 is 5.69 Å². The molecule has 1 saturated heterocycles. The number of amides is 1. The van der Waals surface area contributed by atoms with Crippen LogP contribution in [0.1, 0.15) is 10.4 Å². The minimum atomic E-state index is -0.696. The molecule has 1 aliphatic heterocycles. The predicted molar refractivity (Wildman–Crippen MR) is 68.0 cm³/mol. The Kier molecular flexibility index (Phi) is 3.71. The van der Waals surface area contributed by atoms with E-state index in [1.165, 1.54) is 18.2 Å². The van der Waals surface area contributed by atoms with Gasteiger partial charge < -0.3 is 10.0 Å². The molecule has 7 heteroatoms. The fraction of sp³-hybridized carbons (Fsp3) is 0.364. The Balaban J connectivity index is 2.30. The van der Waals surface area contributed by atoms with E-state index in [4.69, 9.17) is 0 Å². The number of phenolic OH excluding ortho intramolecular Hbond substituents is 1. The standard InChI is InChI=1S/C11H12N2O4S/c14-10-8(2-1-3-9(10)13(16)17)11(15)12-4-6-18-7-5-12/h1-3,14H,4-7H2. The van der Waals surface area contributed by atoms with E-state index in [1.807, 2.05) is 0 Å². The molecule has 0 radical (unpaired) electrons. The molecule has 96 valence electrons. The Bertz CT molecular complexity index is 486. The van der Waals surface area contributed by atoms with Crippen LogP contribution in [0, 0.1) is 10.1 Å². The first-order chi connectivity index (χ1) is 8.61. The Morgan fingerprint density at radius 3 is 2.67 bits per heavy atom. The van der Waals surface area contributed by atoms with E-state index in [-0.39, 0.29) is 11.5 Å². The smallest absolute Gasteiger partial charge is 0.311 e. The van der Waals surface area contributed by atoms with E-state index in [1.54, 1.807) is 16.7 Å². The van der Waals surface area contributed by atoms with Crippen LogP contribution in [0.25, 0.3) is 0 Å². The molecule has 0 saturated carbocycles. The molecule has 18 heavy (non-hydrogen) atoms. The van der Waals surface area contributed by atoms with Gasteiger partial charge in [-0.1, -0.05) is 6.07 Å². The summed E-state index contributed by atoms with van der Waals surface area (Å²) in [4.78, 5) is 23.7. The second-order valence-electron chi connectivity index (χ2n) is 3.83. The van der Waals surface area contributed by atoms with Crippen LogP contribution in [0.4, 0.5) is 5.69 Å². The van der Waals surface area contributed by atoms with E-state index in [0.717, 1.165) is 11.5 Å². The highest BCUT2D eigenvalue weighted by atomic mass is 32.2. The highest BCUT2D eigenvalue weighted by Crippen LogP contribution is 2.30. The number of para-hydroxylation sites is 1. The number of phenols is 1. The number of nitrogens with zero attached hydrogens (tertiary/aromatic N) is 2. The maximum absolute atomic E-state index is 12.1. The van der Waals surface area contributed by atoms with E-state index in [9.17, 15) is 20.0 Å². The summed E-state index contributed by atoms with van der Waals surface area (Å²) in [5.74, 6) is 0.797. The fourth-order valence-corrected chi connectivity index (χ4v) is 2.69. The molecule has 0 atom stereocenters. The number of hydrogen-bond acceptors (Lipinski definition) is 5. The molecule has 1 fully saturated rings. The molecule has 1 amide bonds. The van der Waals surface area contributed by atoms with Gasteiger partial charge in [-0.3, -0.25) is 14.9 Å². The number of thioether (sulfide) groups is 1. The highest BCUT2D eigenvalue weighted by molar-refractivity contribution is 7.99. The van der Waals surface area contributed by atoms with Gasteiger partial charge in [0.2, 0.25) is 5.75 Å². The summed E-state index contributed by atoms with van der Waals surface area (Å²) >= 11 is 1.76. The van der Waals surface area contributed by atoms with Gasteiger partial charge in [0, 0.05) is 30.7 Å². The lowest BCUT2D eigenvalue weighted by Crippen LogP contribution is -2.37. The van der Waals surface area contributed by atoms with Crippen LogP contribution in [0.15, 0.2) is 18.2 Å². The van der Waals surface area contributed by atoms with Crippen LogP contribution in [0.2, 0.25) is 0 Å². The van der Waals surface area contributed by atoms with Gasteiger partial charge in [-0.05, 0) is 6.07 Å². The number of nitro benzene ring substituents is 1. The van der Waals surface area contributed by atoms with Crippen LogP contribution in [-0.2, 0) is 0 Å². The number of aromatic hydroxyl groups is 1. The van der Waals surface area contributed by atoms with Gasteiger partial charge in [-0.2, -0.15) is 11.8 Å². The summed E-state index contributed by atoms with van der Waals surface area (Å²) in [6, 6.07) is 3.99. The molecule has 0 aromatic heterocycles. The van der Waals surface area contributed by atoms with Gasteiger partial charge in [0.25, 0.3) is 5.91 Å². The van der Waals surface area contributed by atoms with Crippen LogP contribution in [0.3, 0.4) is 0 Å². The van der Waals surface area contributed by atoms with Crippen molar-refractivity contribution >= 4 is 23.4 Å². The Morgan fingerprint density at radius 2 is 2.06 bits per heavy atom. The largest absolute Gasteiger partial charge is 0.502 e. The molecular weight excluding hydrogens is 256 g/mol. The number of carbonyl (C=O) groups excluding carboxylic acids is 1. The summed E-state index contributed by atoms with van der Waals surface area (Å²) < 4.78 is 0. The van der Waals surface area contributed by atoms with E-state index >= 15 is 0 Å². The molecule has 2 rings (SSSR count). The lowest BCUT2D eigenvalue weighted by atomic mass is 10.1. The van der Waals surface area contributed by atoms with Gasteiger partial charge in [0.1, 0.15) is 0 Å². The fourth-order valence-electron chi connectivity index (χ4n) is 1.79. The lowest BCUT2D eigenvalue weighted by Gasteiger charge is -2.26. The molecule has 0 bridgehead atoms. The first-order valence-corrected chi connectivity index (χ1v) is 6.60. The second kappa shape index (κ2) is 5.26. The normalized spacial score (nSPS) is 15.4. The minimum absolute atomic E-state index is 0.00361. The van der Waals surface area contributed by atoms with Crippen molar-refractivity contribution < 1.29 is 14.8 Å². The van der Waals surface area contributed by atoms with Crippen LogP contribution in [-0.4, -0.2) is 45.4 Å². The third-order valence-electron chi connectivity index (χ3n) is 2.74. The summed E-state index contributed by atoms with van der Waals surface area (Å²) in [7, 11) is 0. The third kappa shape index (κ3) is 2.40. The quantitative estimate of drug-likeness (QED) is 0.649. The molecule has 6 nitrogen and oxygen atoms in total. The lowest BCUT2D eigenvalue weighted by molar-refractivity contribution is -0.385. The molecule has 1 aliphatic rings. The third-order valence-corrected chi connectivity index (χ3v) is 3.68. The van der Waals surface area contributed by atoms with E-state index in [2.05, 4.69) is 0 Å². The van der Waals surface area contributed by atoms with Gasteiger partial charge in [0.15, 0.2) is 0 Å². The first-order valence-electron chi connectivity index (χ1n) is 5.44. The van der Waals surface area contributed by atoms with Gasteiger partial charge in [0.05, 0.1) is 10.5 Å². The van der Waals surface area contributed by atoms with Crippen molar-refractivity contribution in [2.75, 3.05) is 24.6 Å². The van der Waals surface area contributed by atoms with Crippen molar-refractivity contribution in [1.29, 1.82) is 0 Å². The number of rotatable bonds is 2. The predicted octanol–water partition coefficient (Wildman–Crippen LogP) is 1.49. The van der Waals surface area contributed by atoms with Crippen LogP contribution >= 0.6 is 11.8 Å². The average Bonchev–Trinajstić information content (AvgIpc) is 2.39. The van der Waals surface area contributed by atoms with Crippen LogP contribution < -0.4 is 0 Å². The van der Waals surface area contributed by atoms with Crippen LogP contribution in [0.5, 0.6) is 5.75 Å². The summed E-state index contributed by atoms with van der Waals surface area (Å²) in [5, 5.41) is 20.5. The molecule has 0 aliphatic carbocycles. The van der Waals surface area contributed by atoms with Crippen molar-refractivity contribution in [3.05, 3.63) is 33.9 Å². The minimum Gasteiger partial charge on any atom is -0.502 e. The SMILES string of the molecule is O=C(c1cccc([N+](=O)[O-])c1O)N1CCSCC1. The molecule has 1 N–H and O–H groups in total. The van der Waals surface area contributed by atoms with E-state index in [0.29, 0.717) is 13.1 Å². The summed E-state index contributed by atoms with van der Waals surface area (Å²) in [6.45, 7) is 1.21. The van der Waals surface area contributed by atoms with E-state index < -0.39 is 16.4 Å². The topological polar surface area (TPSA) is 83.7 Å². The molecule has 1 aromatic rings. The zero-order valence-electron chi connectivity index (χ0n) is 9.54. The molecule has 0 spiro atoms. The van der Waals surface area contributed by atoms with Crippen molar-refractivity contribution in [2.45, 2.75) is 0 Å². The molecule has 1 heterocycles. The number of carbonyl (C=O) groups is 1. The van der Waals surface area contributed by atoms with Gasteiger partial charge in [-0.15, -0.1) is 0 Å². The maximum atomic E-state index is 12.1. The van der Waals surface area contributed by atoms with Crippen molar-refractivity contribution in [1.82, 2.24) is 4.90 Å². The first kappa shape index (κ1) is 12.7. The number of hydrogen-bond donors (Lipinski definition) is 1.